The number of halogens is 1. The summed E-state index contributed by atoms with van der Waals surface area (Å²) < 4.78 is 27.9. The van der Waals surface area contributed by atoms with Crippen molar-refractivity contribution >= 4 is 0 Å². The highest BCUT2D eigenvalue weighted by molar-refractivity contribution is 4.93. The van der Waals surface area contributed by atoms with Gasteiger partial charge in [0.05, 0.1) is 6.61 Å². The number of hydrogen-bond donors (Lipinski definition) is 7. The number of ether oxygens (including phenoxy) is 3. The normalized spacial score (nSPS) is 51.7. The molecule has 0 aromatic heterocycles. The zero-order valence-electron chi connectivity index (χ0n) is 11.9. The van der Waals surface area contributed by atoms with E-state index in [4.69, 9.17) is 14.2 Å². The van der Waals surface area contributed by atoms with E-state index in [-0.39, 0.29) is 0 Å². The minimum absolute atomic E-state index is 0.702. The van der Waals surface area contributed by atoms with Crippen LogP contribution in [0.1, 0.15) is 0 Å². The van der Waals surface area contributed by atoms with E-state index in [0.717, 1.165) is 0 Å². The van der Waals surface area contributed by atoms with Gasteiger partial charge in [0.15, 0.2) is 12.6 Å². The number of alkyl halides is 1. The molecule has 0 aliphatic carbocycles. The molecule has 10 nitrogen and oxygen atoms in total. The topological polar surface area (TPSA) is 169 Å². The molecule has 2 rings (SSSR count). The van der Waals surface area contributed by atoms with Crippen LogP contribution in [0.2, 0.25) is 0 Å². The van der Waals surface area contributed by atoms with Crippen LogP contribution in [0.5, 0.6) is 0 Å². The zero-order chi connectivity index (χ0) is 17.3. The van der Waals surface area contributed by atoms with Crippen molar-refractivity contribution in [1.29, 1.82) is 0 Å². The number of aliphatic hydroxyl groups is 7. The summed E-state index contributed by atoms with van der Waals surface area (Å²) in [5, 5.41) is 67.1. The molecule has 0 spiro atoms. The van der Waals surface area contributed by atoms with Crippen LogP contribution in [0.4, 0.5) is 4.39 Å². The van der Waals surface area contributed by atoms with Crippen molar-refractivity contribution in [2.45, 2.75) is 61.4 Å². The quantitative estimate of drug-likeness (QED) is 0.264. The van der Waals surface area contributed by atoms with Crippen LogP contribution < -0.4 is 0 Å². The summed E-state index contributed by atoms with van der Waals surface area (Å²) in [7, 11) is 0. The summed E-state index contributed by atoms with van der Waals surface area (Å²) in [6.45, 7) is -1.87. The summed E-state index contributed by atoms with van der Waals surface area (Å²) in [5.41, 5.74) is 0. The Bertz CT molecular complexity index is 383. The van der Waals surface area contributed by atoms with Crippen molar-refractivity contribution in [2.24, 2.45) is 0 Å². The molecule has 0 amide bonds. The molecular weight excluding hydrogens is 323 g/mol. The van der Waals surface area contributed by atoms with Crippen LogP contribution in [-0.2, 0) is 14.2 Å². The van der Waals surface area contributed by atoms with Gasteiger partial charge >= 0.3 is 0 Å². The molecule has 136 valence electrons. The Balaban J connectivity index is 2.11. The lowest BCUT2D eigenvalue weighted by Crippen LogP contribution is -2.64. The van der Waals surface area contributed by atoms with Gasteiger partial charge in [-0.05, 0) is 0 Å². The van der Waals surface area contributed by atoms with Gasteiger partial charge in [-0.25, -0.2) is 4.39 Å². The van der Waals surface area contributed by atoms with Gasteiger partial charge in [-0.2, -0.15) is 0 Å². The third kappa shape index (κ3) is 3.64. The highest BCUT2D eigenvalue weighted by Crippen LogP contribution is 2.28. The van der Waals surface area contributed by atoms with Crippen LogP contribution in [-0.4, -0.2) is 110 Å². The Labute approximate surface area is 130 Å². The second kappa shape index (κ2) is 7.61. The van der Waals surface area contributed by atoms with Crippen molar-refractivity contribution < 1.29 is 54.3 Å². The smallest absolute Gasteiger partial charge is 0.187 e. The zero-order valence-corrected chi connectivity index (χ0v) is 11.9. The first-order valence-electron chi connectivity index (χ1n) is 7.03. The summed E-state index contributed by atoms with van der Waals surface area (Å²) in [6.07, 6.45) is -16.3. The molecule has 2 saturated heterocycles. The van der Waals surface area contributed by atoms with E-state index in [9.17, 15) is 40.1 Å². The van der Waals surface area contributed by atoms with Crippen molar-refractivity contribution in [3.8, 4) is 0 Å². The molecule has 0 aromatic carbocycles. The summed E-state index contributed by atoms with van der Waals surface area (Å²) >= 11 is 0. The minimum Gasteiger partial charge on any atom is -0.394 e. The molecule has 0 saturated carbocycles. The van der Waals surface area contributed by atoms with Crippen LogP contribution >= 0.6 is 0 Å². The van der Waals surface area contributed by atoms with Gasteiger partial charge in [-0.1, -0.05) is 0 Å². The summed E-state index contributed by atoms with van der Waals surface area (Å²) in [4.78, 5) is 0. The van der Waals surface area contributed by atoms with Crippen molar-refractivity contribution in [3.05, 3.63) is 0 Å². The summed E-state index contributed by atoms with van der Waals surface area (Å²) in [5.74, 6) is 0. The average molecular weight is 344 g/mol. The van der Waals surface area contributed by atoms with E-state index in [1.807, 2.05) is 0 Å². The van der Waals surface area contributed by atoms with E-state index in [0.29, 0.717) is 0 Å². The average Bonchev–Trinajstić information content (AvgIpc) is 2.55. The SMILES string of the molecule is OC[C@H]1O[C@H](O)[C@H](O)[C@@H](O)[C@H]1O[C@@H]1O[C@H](CF)[C@H](O)[C@H](O)[C@H]1O. The Morgan fingerprint density at radius 1 is 0.783 bits per heavy atom. The fraction of sp³-hybridized carbons (Fsp3) is 1.00. The van der Waals surface area contributed by atoms with Crippen LogP contribution in [0, 0.1) is 0 Å². The monoisotopic (exact) mass is 344 g/mol. The lowest BCUT2D eigenvalue weighted by atomic mass is 9.97. The van der Waals surface area contributed by atoms with E-state index in [1.165, 1.54) is 0 Å². The van der Waals surface area contributed by atoms with E-state index >= 15 is 0 Å². The van der Waals surface area contributed by atoms with Gasteiger partial charge < -0.3 is 50.0 Å². The van der Waals surface area contributed by atoms with Gasteiger partial charge in [0, 0.05) is 0 Å². The molecule has 0 radical (unpaired) electrons. The Morgan fingerprint density at radius 3 is 2.00 bits per heavy atom. The lowest BCUT2D eigenvalue weighted by Gasteiger charge is -2.45. The molecule has 0 aromatic rings. The molecule has 2 heterocycles. The maximum absolute atomic E-state index is 12.8. The molecule has 2 fully saturated rings. The van der Waals surface area contributed by atoms with Gasteiger partial charge in [-0.15, -0.1) is 0 Å². The molecular formula is C12H21FO10. The van der Waals surface area contributed by atoms with Gasteiger partial charge in [0.25, 0.3) is 0 Å². The maximum Gasteiger partial charge on any atom is 0.187 e. The Kier molecular flexibility index (Phi) is 6.24. The molecule has 7 N–H and O–H groups in total. The lowest BCUT2D eigenvalue weighted by molar-refractivity contribution is -0.354. The van der Waals surface area contributed by atoms with E-state index < -0.39 is 74.7 Å². The second-order valence-corrected chi connectivity index (χ2v) is 5.50. The van der Waals surface area contributed by atoms with E-state index in [1.54, 1.807) is 0 Å². The van der Waals surface area contributed by atoms with Crippen LogP contribution in [0.25, 0.3) is 0 Å². The molecule has 2 aliphatic heterocycles. The predicted molar refractivity (Wildman–Crippen MR) is 67.5 cm³/mol. The van der Waals surface area contributed by atoms with Crippen molar-refractivity contribution in [1.82, 2.24) is 0 Å². The van der Waals surface area contributed by atoms with E-state index in [2.05, 4.69) is 0 Å². The highest BCUT2D eigenvalue weighted by atomic mass is 19.1. The van der Waals surface area contributed by atoms with Gasteiger partial charge in [-0.3, -0.25) is 0 Å². The number of rotatable bonds is 4. The third-order valence-corrected chi connectivity index (χ3v) is 3.95. The van der Waals surface area contributed by atoms with Gasteiger partial charge in [0.2, 0.25) is 0 Å². The minimum atomic E-state index is -1.77. The first-order chi connectivity index (χ1) is 10.8. The Morgan fingerprint density at radius 2 is 1.43 bits per heavy atom. The molecule has 0 bridgehead atoms. The molecule has 0 unspecified atom stereocenters. The van der Waals surface area contributed by atoms with Crippen molar-refractivity contribution in [3.63, 3.8) is 0 Å². The number of aliphatic hydroxyl groups excluding tert-OH is 7. The fourth-order valence-corrected chi connectivity index (χ4v) is 2.55. The standard InChI is InChI=1S/C12H21FO10/c13-1-3-5(15)6(16)9(19)12(22-3)23-10-4(2-14)21-11(20)8(18)7(10)17/h3-12,14-20H,1-2H2/t3-,4-,5+,6+,7-,8-,9-,10+,11+,12+/m1/s1. The predicted octanol–water partition coefficient (Wildman–Crippen LogP) is -4.42. The van der Waals surface area contributed by atoms with Gasteiger partial charge in [0.1, 0.15) is 55.5 Å². The molecule has 2 aliphatic rings. The first-order valence-corrected chi connectivity index (χ1v) is 7.03. The van der Waals surface area contributed by atoms with Crippen molar-refractivity contribution in [2.75, 3.05) is 13.3 Å². The molecule has 23 heavy (non-hydrogen) atoms. The maximum atomic E-state index is 12.8. The third-order valence-electron chi connectivity index (χ3n) is 3.95. The summed E-state index contributed by atoms with van der Waals surface area (Å²) in [6, 6.07) is 0. The first kappa shape index (κ1) is 18.9. The largest absolute Gasteiger partial charge is 0.394 e. The highest BCUT2D eigenvalue weighted by Gasteiger charge is 2.50. The second-order valence-electron chi connectivity index (χ2n) is 5.50. The fourth-order valence-electron chi connectivity index (χ4n) is 2.55. The number of hydrogen-bond acceptors (Lipinski definition) is 10. The van der Waals surface area contributed by atoms with Crippen LogP contribution in [0.15, 0.2) is 0 Å². The molecule has 11 heteroatoms. The Hall–Kier alpha value is -0.470. The molecule has 10 atom stereocenters. The van der Waals surface area contributed by atoms with Crippen LogP contribution in [0.3, 0.4) is 0 Å².